The molecule has 2 rings (SSSR count). The number of nitrogens with zero attached hydrogens (tertiary/aromatic N) is 2. The molecule has 0 aliphatic rings. The summed E-state index contributed by atoms with van der Waals surface area (Å²) < 4.78 is 0. The second-order valence-corrected chi connectivity index (χ2v) is 4.09. The van der Waals surface area contributed by atoms with Crippen LogP contribution in [0, 0.1) is 17.0 Å². The van der Waals surface area contributed by atoms with Crippen LogP contribution >= 0.6 is 0 Å². The highest BCUT2D eigenvalue weighted by molar-refractivity contribution is 5.93. The van der Waals surface area contributed by atoms with Crippen LogP contribution in [0.1, 0.15) is 15.9 Å². The van der Waals surface area contributed by atoms with Gasteiger partial charge in [0, 0.05) is 11.8 Å². The predicted octanol–water partition coefficient (Wildman–Crippen LogP) is 2.74. The number of para-hydroxylation sites is 1. The van der Waals surface area contributed by atoms with E-state index in [4.69, 9.17) is 5.11 Å². The van der Waals surface area contributed by atoms with Crippen LogP contribution in [0.15, 0.2) is 36.5 Å². The van der Waals surface area contributed by atoms with Crippen molar-refractivity contribution in [3.05, 3.63) is 57.8 Å². The Hall–Kier alpha value is -2.96. The summed E-state index contributed by atoms with van der Waals surface area (Å²) >= 11 is 0. The molecule has 2 N–H and O–H groups in total. The van der Waals surface area contributed by atoms with Crippen LogP contribution in [0.25, 0.3) is 0 Å². The molecule has 1 aromatic carbocycles. The lowest BCUT2D eigenvalue weighted by atomic mass is 10.2. The number of carboxylic acid groups (broad SMARTS) is 1. The van der Waals surface area contributed by atoms with Gasteiger partial charge in [0.25, 0.3) is 0 Å². The van der Waals surface area contributed by atoms with Gasteiger partial charge in [-0.1, -0.05) is 18.2 Å². The smallest absolute Gasteiger partial charge is 0.342 e. The van der Waals surface area contributed by atoms with Crippen LogP contribution in [-0.4, -0.2) is 21.0 Å². The zero-order chi connectivity index (χ0) is 14.7. The number of nitro groups is 1. The minimum Gasteiger partial charge on any atom is -0.477 e. The van der Waals surface area contributed by atoms with Crippen LogP contribution in [0.5, 0.6) is 0 Å². The lowest BCUT2D eigenvalue weighted by molar-refractivity contribution is -0.385. The molecule has 0 aliphatic carbocycles. The Morgan fingerprint density at radius 3 is 2.70 bits per heavy atom. The van der Waals surface area contributed by atoms with Gasteiger partial charge in [0.2, 0.25) is 0 Å². The van der Waals surface area contributed by atoms with Crippen molar-refractivity contribution >= 4 is 23.2 Å². The third-order valence-electron chi connectivity index (χ3n) is 2.72. The molecule has 0 unspecified atom stereocenters. The topological polar surface area (TPSA) is 105 Å². The van der Waals surface area contributed by atoms with Gasteiger partial charge in [-0.25, -0.2) is 9.78 Å². The van der Waals surface area contributed by atoms with Gasteiger partial charge in [-0.05, 0) is 18.6 Å². The molecule has 2 aromatic rings. The molecule has 7 nitrogen and oxygen atoms in total. The first kappa shape index (κ1) is 13.5. The Morgan fingerprint density at radius 2 is 2.10 bits per heavy atom. The molecule has 0 radical (unpaired) electrons. The quantitative estimate of drug-likeness (QED) is 0.655. The van der Waals surface area contributed by atoms with Crippen molar-refractivity contribution in [1.82, 2.24) is 4.98 Å². The molecule has 0 atom stereocenters. The standard InChI is InChI=1S/C13H11N3O4/c1-8-4-2-3-5-10(8)15-12-6-9(13(17)18)11(7-14-12)16(19)20/h2-7H,1H3,(H,14,15)(H,17,18). The van der Waals surface area contributed by atoms with Crippen LogP contribution < -0.4 is 5.32 Å². The molecule has 0 amide bonds. The number of rotatable bonds is 4. The van der Waals surface area contributed by atoms with Crippen molar-refractivity contribution < 1.29 is 14.8 Å². The summed E-state index contributed by atoms with van der Waals surface area (Å²) in [5, 5.41) is 22.7. The largest absolute Gasteiger partial charge is 0.477 e. The van der Waals surface area contributed by atoms with E-state index in [1.54, 1.807) is 6.07 Å². The van der Waals surface area contributed by atoms with Crippen molar-refractivity contribution in [3.63, 3.8) is 0 Å². The van der Waals surface area contributed by atoms with Crippen molar-refractivity contribution in [2.45, 2.75) is 6.92 Å². The third kappa shape index (κ3) is 2.72. The van der Waals surface area contributed by atoms with E-state index in [2.05, 4.69) is 10.3 Å². The van der Waals surface area contributed by atoms with E-state index in [1.807, 2.05) is 25.1 Å². The van der Waals surface area contributed by atoms with E-state index < -0.39 is 22.1 Å². The highest BCUT2D eigenvalue weighted by Gasteiger charge is 2.21. The Bertz CT molecular complexity index is 685. The first-order valence-corrected chi connectivity index (χ1v) is 5.69. The number of pyridine rings is 1. The lowest BCUT2D eigenvalue weighted by Gasteiger charge is -2.08. The Labute approximate surface area is 114 Å². The van der Waals surface area contributed by atoms with Crippen LogP contribution in [0.2, 0.25) is 0 Å². The SMILES string of the molecule is Cc1ccccc1Nc1cc(C(=O)O)c([N+](=O)[O-])cn1. The fraction of sp³-hybridized carbons (Fsp3) is 0.0769. The van der Waals surface area contributed by atoms with Crippen molar-refractivity contribution in [1.29, 1.82) is 0 Å². The third-order valence-corrected chi connectivity index (χ3v) is 2.72. The Kier molecular flexibility index (Phi) is 3.60. The molecule has 0 saturated carbocycles. The fourth-order valence-corrected chi connectivity index (χ4v) is 1.68. The molecule has 102 valence electrons. The number of hydrogen-bond acceptors (Lipinski definition) is 5. The first-order chi connectivity index (χ1) is 9.49. The van der Waals surface area contributed by atoms with Gasteiger partial charge in [0.05, 0.1) is 4.92 Å². The molecule has 7 heteroatoms. The molecule has 0 spiro atoms. The van der Waals surface area contributed by atoms with E-state index in [1.165, 1.54) is 0 Å². The summed E-state index contributed by atoms with van der Waals surface area (Å²) in [6.45, 7) is 1.88. The average Bonchev–Trinajstić information content (AvgIpc) is 2.41. The summed E-state index contributed by atoms with van der Waals surface area (Å²) in [6, 6.07) is 8.52. The molecule has 0 bridgehead atoms. The summed E-state index contributed by atoms with van der Waals surface area (Å²) in [5.74, 6) is -1.13. The first-order valence-electron chi connectivity index (χ1n) is 5.69. The highest BCUT2D eigenvalue weighted by Crippen LogP contribution is 2.23. The summed E-state index contributed by atoms with van der Waals surface area (Å²) in [7, 11) is 0. The average molecular weight is 273 g/mol. The molecule has 0 fully saturated rings. The normalized spacial score (nSPS) is 10.1. The minimum atomic E-state index is -1.37. The zero-order valence-electron chi connectivity index (χ0n) is 10.5. The highest BCUT2D eigenvalue weighted by atomic mass is 16.6. The van der Waals surface area contributed by atoms with Crippen molar-refractivity contribution in [3.8, 4) is 0 Å². The van der Waals surface area contributed by atoms with E-state index in [0.29, 0.717) is 0 Å². The van der Waals surface area contributed by atoms with Crippen molar-refractivity contribution in [2.75, 3.05) is 5.32 Å². The molecular weight excluding hydrogens is 262 g/mol. The number of carbonyl (C=O) groups is 1. The molecular formula is C13H11N3O4. The van der Waals surface area contributed by atoms with E-state index in [-0.39, 0.29) is 5.82 Å². The number of aryl methyl sites for hydroxylation is 1. The predicted molar refractivity (Wildman–Crippen MR) is 72.3 cm³/mol. The fourth-order valence-electron chi connectivity index (χ4n) is 1.68. The van der Waals surface area contributed by atoms with Gasteiger partial charge in [0.1, 0.15) is 17.6 Å². The monoisotopic (exact) mass is 273 g/mol. The summed E-state index contributed by atoms with van der Waals surface area (Å²) in [5.41, 5.74) is 0.767. The number of carboxylic acids is 1. The van der Waals surface area contributed by atoms with Gasteiger partial charge >= 0.3 is 11.7 Å². The number of aromatic carboxylic acids is 1. The van der Waals surface area contributed by atoms with E-state index >= 15 is 0 Å². The number of hydrogen-bond donors (Lipinski definition) is 2. The maximum absolute atomic E-state index is 11.0. The van der Waals surface area contributed by atoms with Gasteiger partial charge < -0.3 is 10.4 Å². The maximum Gasteiger partial charge on any atom is 0.342 e. The number of nitrogens with one attached hydrogen (secondary N) is 1. The molecule has 1 heterocycles. The molecule has 1 aromatic heterocycles. The van der Waals surface area contributed by atoms with Gasteiger partial charge in [0.15, 0.2) is 0 Å². The second kappa shape index (κ2) is 5.35. The van der Waals surface area contributed by atoms with Crippen LogP contribution in [0.4, 0.5) is 17.2 Å². The van der Waals surface area contributed by atoms with Crippen LogP contribution in [-0.2, 0) is 0 Å². The minimum absolute atomic E-state index is 0.238. The van der Waals surface area contributed by atoms with Crippen LogP contribution in [0.3, 0.4) is 0 Å². The van der Waals surface area contributed by atoms with Crippen molar-refractivity contribution in [2.24, 2.45) is 0 Å². The second-order valence-electron chi connectivity index (χ2n) is 4.09. The summed E-state index contributed by atoms with van der Waals surface area (Å²) in [6.07, 6.45) is 0.935. The Balaban J connectivity index is 2.40. The van der Waals surface area contributed by atoms with E-state index in [0.717, 1.165) is 23.5 Å². The van der Waals surface area contributed by atoms with Gasteiger partial charge in [-0.2, -0.15) is 0 Å². The number of anilines is 2. The summed E-state index contributed by atoms with van der Waals surface area (Å²) in [4.78, 5) is 24.9. The zero-order valence-corrected chi connectivity index (χ0v) is 10.5. The lowest BCUT2D eigenvalue weighted by Crippen LogP contribution is -2.05. The maximum atomic E-state index is 11.0. The van der Waals surface area contributed by atoms with Gasteiger partial charge in [-0.15, -0.1) is 0 Å². The van der Waals surface area contributed by atoms with E-state index in [9.17, 15) is 14.9 Å². The molecule has 20 heavy (non-hydrogen) atoms. The van der Waals surface area contributed by atoms with Gasteiger partial charge in [-0.3, -0.25) is 10.1 Å². The molecule has 0 saturated heterocycles. The molecule has 0 aliphatic heterocycles. The number of aromatic nitrogens is 1. The Morgan fingerprint density at radius 1 is 1.40 bits per heavy atom. The number of benzene rings is 1.